The fourth-order valence-corrected chi connectivity index (χ4v) is 2.25. The minimum atomic E-state index is -3.68. The fraction of sp³-hybridized carbons (Fsp3) is 0.875. The summed E-state index contributed by atoms with van der Waals surface area (Å²) < 4.78 is 29.7. The molecule has 0 aromatic rings. The largest absolute Gasteiger partial charge is 0.465 e. The summed E-state index contributed by atoms with van der Waals surface area (Å²) in [5.74, 6) is -1.44. The molecule has 0 spiro atoms. The first-order chi connectivity index (χ1) is 6.72. The minimum absolute atomic E-state index is 0.148. The second-order valence-corrected chi connectivity index (χ2v) is 5.48. The Morgan fingerprint density at radius 2 is 2.00 bits per heavy atom. The van der Waals surface area contributed by atoms with Gasteiger partial charge in [-0.2, -0.15) is 0 Å². The number of nitrogens with one attached hydrogen (secondary N) is 1. The van der Waals surface area contributed by atoms with E-state index in [-0.39, 0.29) is 13.2 Å². The van der Waals surface area contributed by atoms with E-state index in [1.807, 2.05) is 0 Å². The molecule has 0 amide bonds. The van der Waals surface area contributed by atoms with Crippen molar-refractivity contribution in [2.75, 3.05) is 18.9 Å². The maximum atomic E-state index is 11.4. The van der Waals surface area contributed by atoms with Crippen LogP contribution in [0.1, 0.15) is 20.8 Å². The number of carbonyl (C=O) groups is 1. The molecule has 0 bridgehead atoms. The number of ether oxygens (including phenoxy) is 1. The van der Waals surface area contributed by atoms with E-state index in [0.29, 0.717) is 0 Å². The molecule has 0 aromatic carbocycles. The molecule has 0 aromatic heterocycles. The molecule has 7 heteroatoms. The van der Waals surface area contributed by atoms with Gasteiger partial charge in [0.1, 0.15) is 0 Å². The van der Waals surface area contributed by atoms with Crippen molar-refractivity contribution in [1.82, 2.24) is 4.72 Å². The maximum absolute atomic E-state index is 11.4. The van der Waals surface area contributed by atoms with Gasteiger partial charge in [-0.15, -0.1) is 0 Å². The van der Waals surface area contributed by atoms with Crippen LogP contribution in [0.15, 0.2) is 0 Å². The van der Waals surface area contributed by atoms with Gasteiger partial charge in [0.25, 0.3) is 0 Å². The second kappa shape index (κ2) is 5.43. The zero-order chi connectivity index (χ0) is 12.1. The Hall–Kier alpha value is -0.660. The van der Waals surface area contributed by atoms with Gasteiger partial charge in [-0.05, 0) is 20.8 Å². The maximum Gasteiger partial charge on any atom is 0.322 e. The number of hydrogen-bond acceptors (Lipinski definition) is 5. The van der Waals surface area contributed by atoms with E-state index < -0.39 is 27.3 Å². The van der Waals surface area contributed by atoms with Crippen LogP contribution in [0.3, 0.4) is 0 Å². The number of esters is 1. The first-order valence-electron chi connectivity index (χ1n) is 4.60. The van der Waals surface area contributed by atoms with E-state index in [1.165, 1.54) is 0 Å². The van der Waals surface area contributed by atoms with Crippen LogP contribution in [0.2, 0.25) is 0 Å². The molecule has 0 rings (SSSR count). The van der Waals surface area contributed by atoms with Crippen LogP contribution < -0.4 is 10.5 Å². The lowest BCUT2D eigenvalue weighted by molar-refractivity contribution is -0.139. The molecule has 0 heterocycles. The van der Waals surface area contributed by atoms with Crippen LogP contribution in [0.4, 0.5) is 0 Å². The first-order valence-corrected chi connectivity index (χ1v) is 6.25. The third-order valence-corrected chi connectivity index (χ3v) is 3.03. The van der Waals surface area contributed by atoms with Crippen molar-refractivity contribution in [3.63, 3.8) is 0 Å². The van der Waals surface area contributed by atoms with Gasteiger partial charge in [-0.25, -0.2) is 13.1 Å². The molecular formula is C8H18N2O4S. The highest BCUT2D eigenvalue weighted by Crippen LogP contribution is 2.02. The van der Waals surface area contributed by atoms with E-state index in [2.05, 4.69) is 9.46 Å². The summed E-state index contributed by atoms with van der Waals surface area (Å²) in [7, 11) is -3.68. The normalized spacial score (nSPS) is 12.5. The molecule has 0 radical (unpaired) electrons. The van der Waals surface area contributed by atoms with Crippen LogP contribution >= 0.6 is 0 Å². The Bertz CT molecular complexity index is 311. The lowest BCUT2D eigenvalue weighted by Crippen LogP contribution is -2.50. The van der Waals surface area contributed by atoms with Crippen molar-refractivity contribution in [2.24, 2.45) is 5.73 Å². The molecule has 0 fully saturated rings. The third kappa shape index (κ3) is 6.43. The number of nitrogens with two attached hydrogens (primary N) is 1. The Balaban J connectivity index is 4.39. The Morgan fingerprint density at radius 1 is 1.47 bits per heavy atom. The summed E-state index contributed by atoms with van der Waals surface area (Å²) in [6, 6.07) is 0. The number of sulfonamides is 1. The van der Waals surface area contributed by atoms with Gasteiger partial charge in [-0.1, -0.05) is 0 Å². The van der Waals surface area contributed by atoms with Gasteiger partial charge in [0.2, 0.25) is 10.0 Å². The van der Waals surface area contributed by atoms with Gasteiger partial charge in [0.05, 0.1) is 6.61 Å². The minimum Gasteiger partial charge on any atom is -0.465 e. The van der Waals surface area contributed by atoms with Crippen LogP contribution in [0, 0.1) is 0 Å². The zero-order valence-corrected chi connectivity index (χ0v) is 10.1. The summed E-state index contributed by atoms with van der Waals surface area (Å²) in [4.78, 5) is 11.0. The SMILES string of the molecule is CCOC(=O)CS(=O)(=O)NC(C)(C)CN. The van der Waals surface area contributed by atoms with Crippen molar-refractivity contribution < 1.29 is 17.9 Å². The van der Waals surface area contributed by atoms with Crippen molar-refractivity contribution in [3.8, 4) is 0 Å². The topological polar surface area (TPSA) is 98.5 Å². The van der Waals surface area contributed by atoms with E-state index in [9.17, 15) is 13.2 Å². The van der Waals surface area contributed by atoms with Crippen molar-refractivity contribution in [1.29, 1.82) is 0 Å². The van der Waals surface area contributed by atoms with Crippen LogP contribution in [0.25, 0.3) is 0 Å². The average Bonchev–Trinajstić information content (AvgIpc) is 2.01. The van der Waals surface area contributed by atoms with Crippen molar-refractivity contribution in [2.45, 2.75) is 26.3 Å². The molecule has 0 aliphatic rings. The van der Waals surface area contributed by atoms with Gasteiger partial charge in [-0.3, -0.25) is 4.79 Å². The Kier molecular flexibility index (Phi) is 5.19. The van der Waals surface area contributed by atoms with Gasteiger partial charge in [0, 0.05) is 12.1 Å². The van der Waals surface area contributed by atoms with E-state index in [0.717, 1.165) is 0 Å². The standard InChI is InChI=1S/C8H18N2O4S/c1-4-14-7(11)5-15(12,13)10-8(2,3)6-9/h10H,4-6,9H2,1-3H3. The van der Waals surface area contributed by atoms with Crippen molar-refractivity contribution in [3.05, 3.63) is 0 Å². The Labute approximate surface area is 90.2 Å². The lowest BCUT2D eigenvalue weighted by Gasteiger charge is -2.23. The second-order valence-electron chi connectivity index (χ2n) is 3.75. The molecule has 90 valence electrons. The molecule has 6 nitrogen and oxygen atoms in total. The van der Waals surface area contributed by atoms with Crippen LogP contribution in [-0.2, 0) is 19.6 Å². The summed E-state index contributed by atoms with van der Waals surface area (Å²) in [5, 5.41) is 0. The summed E-state index contributed by atoms with van der Waals surface area (Å²) in [6.07, 6.45) is 0. The fourth-order valence-electron chi connectivity index (χ4n) is 0.857. The predicted octanol–water partition coefficient (Wildman–Crippen LogP) is -0.794. The first kappa shape index (κ1) is 14.3. The van der Waals surface area contributed by atoms with Gasteiger partial charge >= 0.3 is 5.97 Å². The predicted molar refractivity (Wildman–Crippen MR) is 56.7 cm³/mol. The highest BCUT2D eigenvalue weighted by atomic mass is 32.2. The van der Waals surface area contributed by atoms with Crippen molar-refractivity contribution >= 4 is 16.0 Å². The summed E-state index contributed by atoms with van der Waals surface area (Å²) in [5.41, 5.74) is 4.60. The molecule has 3 N–H and O–H groups in total. The van der Waals surface area contributed by atoms with Crippen LogP contribution in [-0.4, -0.2) is 38.8 Å². The quantitative estimate of drug-likeness (QED) is 0.591. The number of carbonyl (C=O) groups excluding carboxylic acids is 1. The molecule has 0 unspecified atom stereocenters. The van der Waals surface area contributed by atoms with E-state index >= 15 is 0 Å². The van der Waals surface area contributed by atoms with Gasteiger partial charge < -0.3 is 10.5 Å². The monoisotopic (exact) mass is 238 g/mol. The van der Waals surface area contributed by atoms with E-state index in [4.69, 9.17) is 5.73 Å². The molecule has 0 saturated carbocycles. The molecule has 0 aliphatic heterocycles. The smallest absolute Gasteiger partial charge is 0.322 e. The number of rotatable bonds is 6. The summed E-state index contributed by atoms with van der Waals surface area (Å²) in [6.45, 7) is 5.19. The highest BCUT2D eigenvalue weighted by molar-refractivity contribution is 7.90. The van der Waals surface area contributed by atoms with Crippen LogP contribution in [0.5, 0.6) is 0 Å². The highest BCUT2D eigenvalue weighted by Gasteiger charge is 2.25. The van der Waals surface area contributed by atoms with E-state index in [1.54, 1.807) is 20.8 Å². The number of hydrogen-bond donors (Lipinski definition) is 2. The molecule has 15 heavy (non-hydrogen) atoms. The molecule has 0 atom stereocenters. The lowest BCUT2D eigenvalue weighted by atomic mass is 10.1. The molecular weight excluding hydrogens is 220 g/mol. The molecule has 0 saturated heterocycles. The zero-order valence-electron chi connectivity index (χ0n) is 9.24. The Morgan fingerprint density at radius 3 is 2.40 bits per heavy atom. The average molecular weight is 238 g/mol. The summed E-state index contributed by atoms with van der Waals surface area (Å²) >= 11 is 0. The van der Waals surface area contributed by atoms with Gasteiger partial charge in [0.15, 0.2) is 5.75 Å². The third-order valence-electron chi connectivity index (χ3n) is 1.56. The molecule has 0 aliphatic carbocycles.